The molecule has 2 aromatic rings. The van der Waals surface area contributed by atoms with Gasteiger partial charge in [-0.2, -0.15) is 5.26 Å². The summed E-state index contributed by atoms with van der Waals surface area (Å²) in [6.07, 6.45) is 2.84. The van der Waals surface area contributed by atoms with Crippen molar-refractivity contribution < 1.29 is 4.79 Å². The molecule has 0 bridgehead atoms. The summed E-state index contributed by atoms with van der Waals surface area (Å²) >= 11 is 0. The van der Waals surface area contributed by atoms with Crippen molar-refractivity contribution in [2.45, 2.75) is 6.54 Å². The van der Waals surface area contributed by atoms with Crippen molar-refractivity contribution >= 4 is 5.91 Å². The number of nitriles is 1. The molecule has 0 saturated carbocycles. The van der Waals surface area contributed by atoms with Gasteiger partial charge in [-0.25, -0.2) is 0 Å². The Bertz CT molecular complexity index is 681. The fourth-order valence-corrected chi connectivity index (χ4v) is 1.57. The molecular weight excluding hydrogens is 242 g/mol. The molecule has 1 heterocycles. The number of benzene rings is 1. The smallest absolute Gasteiger partial charge is 0.257 e. The van der Waals surface area contributed by atoms with Crippen LogP contribution in [0.3, 0.4) is 0 Å². The standard InChI is InChI=1S/C14H11N3O2/c15-7-10-1-3-11(4-2-10)8-17-14(19)12-9-16-6-5-13(12)18/h1-6,9H,8H2,(H,16,18)(H,17,19). The Morgan fingerprint density at radius 3 is 2.63 bits per heavy atom. The number of H-pyrrole nitrogens is 1. The monoisotopic (exact) mass is 253 g/mol. The zero-order chi connectivity index (χ0) is 13.7. The van der Waals surface area contributed by atoms with E-state index in [1.54, 1.807) is 24.3 Å². The fraction of sp³-hybridized carbons (Fsp3) is 0.0714. The third kappa shape index (κ3) is 3.07. The van der Waals surface area contributed by atoms with Crippen LogP contribution in [-0.4, -0.2) is 10.9 Å². The van der Waals surface area contributed by atoms with E-state index < -0.39 is 5.91 Å². The first-order chi connectivity index (χ1) is 9.20. The molecule has 1 amide bonds. The molecule has 0 spiro atoms. The van der Waals surface area contributed by atoms with Gasteiger partial charge in [-0.1, -0.05) is 12.1 Å². The Kier molecular flexibility index (Phi) is 3.74. The summed E-state index contributed by atoms with van der Waals surface area (Å²) in [5.41, 5.74) is 1.18. The molecule has 1 aromatic carbocycles. The largest absolute Gasteiger partial charge is 0.367 e. The van der Waals surface area contributed by atoms with Crippen LogP contribution in [0.15, 0.2) is 47.5 Å². The van der Waals surface area contributed by atoms with Crippen LogP contribution < -0.4 is 10.7 Å². The van der Waals surface area contributed by atoms with Gasteiger partial charge in [0.15, 0.2) is 5.43 Å². The van der Waals surface area contributed by atoms with Crippen molar-refractivity contribution in [1.82, 2.24) is 10.3 Å². The van der Waals surface area contributed by atoms with E-state index in [1.165, 1.54) is 18.5 Å². The van der Waals surface area contributed by atoms with E-state index >= 15 is 0 Å². The molecule has 19 heavy (non-hydrogen) atoms. The van der Waals surface area contributed by atoms with Crippen LogP contribution in [0.4, 0.5) is 0 Å². The number of hydrogen-bond donors (Lipinski definition) is 2. The Morgan fingerprint density at radius 1 is 1.26 bits per heavy atom. The van der Waals surface area contributed by atoms with E-state index in [1.807, 2.05) is 6.07 Å². The lowest BCUT2D eigenvalue weighted by atomic mass is 10.1. The van der Waals surface area contributed by atoms with Gasteiger partial charge < -0.3 is 10.3 Å². The Balaban J connectivity index is 2.03. The van der Waals surface area contributed by atoms with Gasteiger partial charge >= 0.3 is 0 Å². The van der Waals surface area contributed by atoms with Crippen LogP contribution in [0.2, 0.25) is 0 Å². The molecule has 0 unspecified atom stereocenters. The highest BCUT2D eigenvalue weighted by molar-refractivity contribution is 5.93. The number of pyridine rings is 1. The summed E-state index contributed by atoms with van der Waals surface area (Å²) in [5, 5.41) is 11.3. The van der Waals surface area contributed by atoms with Gasteiger partial charge in [0.25, 0.3) is 5.91 Å². The Morgan fingerprint density at radius 2 is 2.00 bits per heavy atom. The van der Waals surface area contributed by atoms with Crippen LogP contribution in [0.1, 0.15) is 21.5 Å². The molecular formula is C14H11N3O2. The lowest BCUT2D eigenvalue weighted by Gasteiger charge is -2.04. The number of aromatic amines is 1. The molecule has 0 aliphatic carbocycles. The van der Waals surface area contributed by atoms with Crippen LogP contribution >= 0.6 is 0 Å². The summed E-state index contributed by atoms with van der Waals surface area (Å²) < 4.78 is 0. The van der Waals surface area contributed by atoms with Crippen molar-refractivity contribution in [2.24, 2.45) is 0 Å². The lowest BCUT2D eigenvalue weighted by Crippen LogP contribution is -2.27. The zero-order valence-corrected chi connectivity index (χ0v) is 10.0. The molecule has 94 valence electrons. The number of amides is 1. The summed E-state index contributed by atoms with van der Waals surface area (Å²) in [6, 6.07) is 10.2. The van der Waals surface area contributed by atoms with E-state index in [2.05, 4.69) is 10.3 Å². The number of hydrogen-bond acceptors (Lipinski definition) is 3. The average molecular weight is 253 g/mol. The van der Waals surface area contributed by atoms with E-state index in [9.17, 15) is 9.59 Å². The average Bonchev–Trinajstić information content (AvgIpc) is 2.46. The van der Waals surface area contributed by atoms with E-state index in [-0.39, 0.29) is 11.0 Å². The van der Waals surface area contributed by atoms with Crippen molar-refractivity contribution in [2.75, 3.05) is 0 Å². The van der Waals surface area contributed by atoms with Gasteiger partial charge in [-0.3, -0.25) is 9.59 Å². The van der Waals surface area contributed by atoms with Gasteiger partial charge in [-0.05, 0) is 17.7 Å². The van der Waals surface area contributed by atoms with Crippen molar-refractivity contribution in [3.63, 3.8) is 0 Å². The molecule has 0 aliphatic rings. The van der Waals surface area contributed by atoms with Gasteiger partial charge in [0, 0.05) is 25.0 Å². The third-order valence-electron chi connectivity index (χ3n) is 2.60. The highest BCUT2D eigenvalue weighted by atomic mass is 16.2. The molecule has 2 rings (SSSR count). The number of rotatable bonds is 3. The molecule has 1 aromatic heterocycles. The van der Waals surface area contributed by atoms with Gasteiger partial charge in [-0.15, -0.1) is 0 Å². The second-order valence-corrected chi connectivity index (χ2v) is 3.91. The SMILES string of the molecule is N#Cc1ccc(CNC(=O)c2c[nH]ccc2=O)cc1. The Hall–Kier alpha value is -2.87. The zero-order valence-electron chi connectivity index (χ0n) is 10.0. The molecule has 5 nitrogen and oxygen atoms in total. The minimum atomic E-state index is -0.425. The second kappa shape index (κ2) is 5.65. The van der Waals surface area contributed by atoms with Crippen LogP contribution in [0.25, 0.3) is 0 Å². The van der Waals surface area contributed by atoms with Crippen molar-refractivity contribution in [1.29, 1.82) is 5.26 Å². The highest BCUT2D eigenvalue weighted by Gasteiger charge is 2.08. The van der Waals surface area contributed by atoms with Gasteiger partial charge in [0.05, 0.1) is 11.6 Å². The number of nitrogens with one attached hydrogen (secondary N) is 2. The van der Waals surface area contributed by atoms with E-state index in [0.717, 1.165) is 5.56 Å². The molecule has 0 aliphatic heterocycles. The van der Waals surface area contributed by atoms with Crippen LogP contribution in [0.5, 0.6) is 0 Å². The van der Waals surface area contributed by atoms with Crippen molar-refractivity contribution in [3.8, 4) is 6.07 Å². The molecule has 2 N–H and O–H groups in total. The molecule has 0 fully saturated rings. The van der Waals surface area contributed by atoms with Gasteiger partial charge in [0.2, 0.25) is 0 Å². The number of aromatic nitrogens is 1. The third-order valence-corrected chi connectivity index (χ3v) is 2.60. The fourth-order valence-electron chi connectivity index (χ4n) is 1.57. The van der Waals surface area contributed by atoms with Crippen LogP contribution in [-0.2, 0) is 6.54 Å². The summed E-state index contributed by atoms with van der Waals surface area (Å²) in [4.78, 5) is 25.9. The molecule has 0 atom stereocenters. The molecule has 0 saturated heterocycles. The van der Waals surface area contributed by atoms with E-state index in [4.69, 9.17) is 5.26 Å². The summed E-state index contributed by atoms with van der Waals surface area (Å²) in [6.45, 7) is 0.304. The predicted molar refractivity (Wildman–Crippen MR) is 69.4 cm³/mol. The number of carbonyl (C=O) groups is 1. The number of carbonyl (C=O) groups excluding carboxylic acids is 1. The van der Waals surface area contributed by atoms with Crippen LogP contribution in [0, 0.1) is 11.3 Å². The minimum Gasteiger partial charge on any atom is -0.367 e. The lowest BCUT2D eigenvalue weighted by molar-refractivity contribution is 0.0949. The van der Waals surface area contributed by atoms with Gasteiger partial charge in [0.1, 0.15) is 5.56 Å². The first-order valence-corrected chi connectivity index (χ1v) is 5.65. The summed E-state index contributed by atoms with van der Waals surface area (Å²) in [7, 11) is 0. The summed E-state index contributed by atoms with van der Waals surface area (Å²) in [5.74, 6) is -0.425. The second-order valence-electron chi connectivity index (χ2n) is 3.91. The molecule has 5 heteroatoms. The maximum Gasteiger partial charge on any atom is 0.257 e. The topological polar surface area (TPSA) is 85.8 Å². The van der Waals surface area contributed by atoms with E-state index in [0.29, 0.717) is 12.1 Å². The Labute approximate surface area is 109 Å². The quantitative estimate of drug-likeness (QED) is 0.861. The maximum atomic E-state index is 11.8. The first kappa shape index (κ1) is 12.6. The normalized spacial score (nSPS) is 9.63. The predicted octanol–water partition coefficient (Wildman–Crippen LogP) is 1.18. The maximum absolute atomic E-state index is 11.8. The first-order valence-electron chi connectivity index (χ1n) is 5.65. The number of nitrogens with zero attached hydrogens (tertiary/aromatic N) is 1. The minimum absolute atomic E-state index is 0.0798. The van der Waals surface area contributed by atoms with Crippen molar-refractivity contribution in [3.05, 3.63) is 69.6 Å². The highest BCUT2D eigenvalue weighted by Crippen LogP contribution is 2.03. The molecule has 0 radical (unpaired) electrons.